The number of nitro groups is 1. The van der Waals surface area contributed by atoms with E-state index in [2.05, 4.69) is 4.98 Å². The molecule has 0 amide bonds. The summed E-state index contributed by atoms with van der Waals surface area (Å²) in [6.45, 7) is 2.54. The van der Waals surface area contributed by atoms with Crippen LogP contribution >= 0.6 is 0 Å². The van der Waals surface area contributed by atoms with Crippen LogP contribution in [0.1, 0.15) is 18.1 Å². The number of pyridine rings is 1. The maximum atomic E-state index is 10.8. The first kappa shape index (κ1) is 13.8. The highest BCUT2D eigenvalue weighted by atomic mass is 16.6. The predicted octanol–water partition coefficient (Wildman–Crippen LogP) is 2.56. The van der Waals surface area contributed by atoms with Crippen molar-refractivity contribution >= 4 is 11.5 Å². The van der Waals surface area contributed by atoms with Crippen molar-refractivity contribution in [3.8, 4) is 5.75 Å². The quantitative estimate of drug-likeness (QED) is 0.667. The second-order valence-corrected chi connectivity index (χ2v) is 4.26. The number of hydrogen-bond acceptors (Lipinski definition) is 5. The van der Waals surface area contributed by atoms with Crippen molar-refractivity contribution in [1.29, 1.82) is 0 Å². The number of aromatic nitrogens is 1. The molecule has 2 rings (SSSR count). The molecule has 0 aliphatic heterocycles. The Morgan fingerprint density at radius 2 is 2.00 bits per heavy atom. The largest absolute Gasteiger partial charge is 0.494 e. The van der Waals surface area contributed by atoms with Gasteiger partial charge in [-0.3, -0.25) is 10.1 Å². The van der Waals surface area contributed by atoms with E-state index in [-0.39, 0.29) is 11.5 Å². The van der Waals surface area contributed by atoms with Gasteiger partial charge < -0.3 is 10.5 Å². The number of ether oxygens (including phenoxy) is 1. The van der Waals surface area contributed by atoms with E-state index in [4.69, 9.17) is 10.5 Å². The molecule has 0 saturated heterocycles. The molecule has 0 unspecified atom stereocenters. The van der Waals surface area contributed by atoms with Crippen molar-refractivity contribution in [3.63, 3.8) is 0 Å². The fourth-order valence-corrected chi connectivity index (χ4v) is 1.85. The van der Waals surface area contributed by atoms with Gasteiger partial charge in [0.05, 0.1) is 11.5 Å². The third-order valence-corrected chi connectivity index (χ3v) is 2.79. The van der Waals surface area contributed by atoms with E-state index in [1.54, 1.807) is 6.20 Å². The van der Waals surface area contributed by atoms with Gasteiger partial charge in [0.2, 0.25) is 5.82 Å². The summed E-state index contributed by atoms with van der Waals surface area (Å²) in [6.07, 6.45) is 2.11. The van der Waals surface area contributed by atoms with Gasteiger partial charge in [0.1, 0.15) is 5.75 Å². The van der Waals surface area contributed by atoms with Crippen LogP contribution in [0.3, 0.4) is 0 Å². The molecular formula is C14H15N3O3. The lowest BCUT2D eigenvalue weighted by Crippen LogP contribution is -2.00. The van der Waals surface area contributed by atoms with Crippen LogP contribution in [0.25, 0.3) is 0 Å². The summed E-state index contributed by atoms with van der Waals surface area (Å²) >= 11 is 0. The van der Waals surface area contributed by atoms with Crippen LogP contribution in [-0.2, 0) is 6.42 Å². The number of rotatable bonds is 5. The minimum atomic E-state index is -0.524. The minimum absolute atomic E-state index is 0.0644. The third-order valence-electron chi connectivity index (χ3n) is 2.79. The van der Waals surface area contributed by atoms with Crippen LogP contribution in [0.5, 0.6) is 5.75 Å². The van der Waals surface area contributed by atoms with E-state index < -0.39 is 4.92 Å². The van der Waals surface area contributed by atoms with Gasteiger partial charge in [0, 0.05) is 12.3 Å². The zero-order chi connectivity index (χ0) is 14.5. The van der Waals surface area contributed by atoms with E-state index in [1.165, 1.54) is 6.07 Å². The summed E-state index contributed by atoms with van der Waals surface area (Å²) in [5.41, 5.74) is 7.08. The van der Waals surface area contributed by atoms with Crippen LogP contribution in [-0.4, -0.2) is 16.5 Å². The Morgan fingerprint density at radius 3 is 2.60 bits per heavy atom. The second kappa shape index (κ2) is 6.01. The van der Waals surface area contributed by atoms with E-state index in [9.17, 15) is 10.1 Å². The molecule has 0 spiro atoms. The number of nitrogen functional groups attached to an aromatic ring is 1. The van der Waals surface area contributed by atoms with Crippen LogP contribution in [0, 0.1) is 10.1 Å². The zero-order valence-electron chi connectivity index (χ0n) is 11.1. The zero-order valence-corrected chi connectivity index (χ0v) is 11.1. The first-order valence-corrected chi connectivity index (χ1v) is 6.20. The Balaban J connectivity index is 2.17. The van der Waals surface area contributed by atoms with Crippen molar-refractivity contribution < 1.29 is 9.66 Å². The van der Waals surface area contributed by atoms with Gasteiger partial charge in [0.25, 0.3) is 0 Å². The topological polar surface area (TPSA) is 91.3 Å². The molecule has 0 aliphatic rings. The molecule has 1 heterocycles. The van der Waals surface area contributed by atoms with Gasteiger partial charge in [-0.15, -0.1) is 0 Å². The Bertz CT molecular complexity index is 612. The van der Waals surface area contributed by atoms with Gasteiger partial charge in [0.15, 0.2) is 0 Å². The summed E-state index contributed by atoms with van der Waals surface area (Å²) in [4.78, 5) is 14.1. The van der Waals surface area contributed by atoms with Gasteiger partial charge in [-0.25, -0.2) is 4.98 Å². The van der Waals surface area contributed by atoms with Crippen LogP contribution in [0.2, 0.25) is 0 Å². The molecular weight excluding hydrogens is 258 g/mol. The van der Waals surface area contributed by atoms with E-state index >= 15 is 0 Å². The monoisotopic (exact) mass is 273 g/mol. The first-order valence-electron chi connectivity index (χ1n) is 6.20. The third kappa shape index (κ3) is 3.23. The lowest BCUT2D eigenvalue weighted by atomic mass is 10.1. The van der Waals surface area contributed by atoms with Crippen LogP contribution in [0.4, 0.5) is 11.5 Å². The molecule has 0 atom stereocenters. The summed E-state index contributed by atoms with van der Waals surface area (Å²) in [6, 6.07) is 9.05. The summed E-state index contributed by atoms with van der Waals surface area (Å²) in [5, 5.41) is 10.8. The van der Waals surface area contributed by atoms with E-state index in [1.807, 2.05) is 31.2 Å². The fraction of sp³-hybridized carbons (Fsp3) is 0.214. The van der Waals surface area contributed by atoms with Gasteiger partial charge in [-0.05, 0) is 36.6 Å². The standard InChI is InChI=1S/C14H15N3O3/c1-2-20-12-5-3-10(4-6-12)7-11-8-13(17(18)19)14(15)16-9-11/h3-6,8-9H,2,7H2,1H3,(H2,15,16). The van der Waals surface area contributed by atoms with Crippen molar-refractivity contribution in [2.24, 2.45) is 0 Å². The number of benzene rings is 1. The fourth-order valence-electron chi connectivity index (χ4n) is 1.85. The molecule has 0 aliphatic carbocycles. The maximum Gasteiger partial charge on any atom is 0.311 e. The lowest BCUT2D eigenvalue weighted by Gasteiger charge is -2.05. The molecule has 104 valence electrons. The predicted molar refractivity (Wildman–Crippen MR) is 75.7 cm³/mol. The van der Waals surface area contributed by atoms with Gasteiger partial charge >= 0.3 is 5.69 Å². The Labute approximate surface area is 116 Å². The molecule has 0 bridgehead atoms. The molecule has 2 aromatic rings. The van der Waals surface area contributed by atoms with Crippen molar-refractivity contribution in [1.82, 2.24) is 4.98 Å². The Morgan fingerprint density at radius 1 is 1.30 bits per heavy atom. The SMILES string of the molecule is CCOc1ccc(Cc2cnc(N)c([N+](=O)[O-])c2)cc1. The molecule has 6 heteroatoms. The molecule has 2 N–H and O–H groups in total. The molecule has 20 heavy (non-hydrogen) atoms. The number of nitrogens with two attached hydrogens (primary N) is 1. The van der Waals surface area contributed by atoms with Gasteiger partial charge in [-0.2, -0.15) is 0 Å². The number of hydrogen-bond donors (Lipinski definition) is 1. The highest BCUT2D eigenvalue weighted by Crippen LogP contribution is 2.22. The second-order valence-electron chi connectivity index (χ2n) is 4.26. The van der Waals surface area contributed by atoms with Gasteiger partial charge in [-0.1, -0.05) is 12.1 Å². The van der Waals surface area contributed by atoms with Crippen molar-refractivity contribution in [2.45, 2.75) is 13.3 Å². The summed E-state index contributed by atoms with van der Waals surface area (Å²) in [7, 11) is 0. The summed E-state index contributed by atoms with van der Waals surface area (Å²) in [5.74, 6) is 0.739. The van der Waals surface area contributed by atoms with Crippen molar-refractivity contribution in [3.05, 3.63) is 57.8 Å². The molecule has 6 nitrogen and oxygen atoms in total. The highest BCUT2D eigenvalue weighted by molar-refractivity contribution is 5.53. The summed E-state index contributed by atoms with van der Waals surface area (Å²) < 4.78 is 5.36. The average Bonchev–Trinajstić information content (AvgIpc) is 2.43. The Kier molecular flexibility index (Phi) is 4.14. The van der Waals surface area contributed by atoms with E-state index in [0.717, 1.165) is 16.9 Å². The minimum Gasteiger partial charge on any atom is -0.494 e. The lowest BCUT2D eigenvalue weighted by molar-refractivity contribution is -0.384. The smallest absolute Gasteiger partial charge is 0.311 e. The molecule has 0 fully saturated rings. The van der Waals surface area contributed by atoms with Crippen LogP contribution < -0.4 is 10.5 Å². The first-order chi connectivity index (χ1) is 9.60. The number of nitrogens with zero attached hydrogens (tertiary/aromatic N) is 2. The highest BCUT2D eigenvalue weighted by Gasteiger charge is 2.13. The number of anilines is 1. The van der Waals surface area contributed by atoms with E-state index in [0.29, 0.717) is 13.0 Å². The van der Waals surface area contributed by atoms with Crippen LogP contribution in [0.15, 0.2) is 36.5 Å². The Hall–Kier alpha value is -2.63. The maximum absolute atomic E-state index is 10.8. The molecule has 1 aromatic heterocycles. The molecule has 0 radical (unpaired) electrons. The molecule has 0 saturated carbocycles. The molecule has 1 aromatic carbocycles. The normalized spacial score (nSPS) is 10.2. The average molecular weight is 273 g/mol. The van der Waals surface area contributed by atoms with Crippen molar-refractivity contribution in [2.75, 3.05) is 12.3 Å².